The second-order valence-electron chi connectivity index (χ2n) is 6.46. The van der Waals surface area contributed by atoms with Gasteiger partial charge in [0.05, 0.1) is 0 Å². The summed E-state index contributed by atoms with van der Waals surface area (Å²) < 4.78 is 2.26. The predicted molar refractivity (Wildman–Crippen MR) is 85.9 cm³/mol. The fraction of sp³-hybridized carbons (Fsp3) is 0.529. The van der Waals surface area contributed by atoms with Crippen LogP contribution in [0.5, 0.6) is 5.75 Å². The molecule has 0 saturated heterocycles. The van der Waals surface area contributed by atoms with Crippen molar-refractivity contribution in [3.05, 3.63) is 41.5 Å². The topological polar surface area (TPSA) is 63.0 Å². The first-order valence-electron chi connectivity index (χ1n) is 8.01. The van der Waals surface area contributed by atoms with E-state index in [4.69, 9.17) is 0 Å². The molecule has 1 aromatic heterocycles. The van der Waals surface area contributed by atoms with Crippen molar-refractivity contribution < 1.29 is 5.11 Å². The lowest BCUT2D eigenvalue weighted by Crippen LogP contribution is -2.39. The highest BCUT2D eigenvalue weighted by molar-refractivity contribution is 5.29. The van der Waals surface area contributed by atoms with Crippen molar-refractivity contribution in [1.82, 2.24) is 20.1 Å². The molecule has 2 aromatic rings. The van der Waals surface area contributed by atoms with Gasteiger partial charge in [0.15, 0.2) is 0 Å². The van der Waals surface area contributed by atoms with Crippen molar-refractivity contribution in [1.29, 1.82) is 0 Å². The van der Waals surface area contributed by atoms with E-state index >= 15 is 0 Å². The maximum absolute atomic E-state index is 9.62. The average Bonchev–Trinajstić information content (AvgIpc) is 2.90. The molecule has 2 N–H and O–H groups in total. The zero-order valence-corrected chi connectivity index (χ0v) is 13.5. The molecule has 118 valence electrons. The molecule has 0 amide bonds. The quantitative estimate of drug-likeness (QED) is 0.911. The van der Waals surface area contributed by atoms with Crippen molar-refractivity contribution in [2.24, 2.45) is 0 Å². The maximum atomic E-state index is 9.62. The van der Waals surface area contributed by atoms with Gasteiger partial charge in [-0.25, -0.2) is 0 Å². The molecule has 1 aliphatic rings. The minimum absolute atomic E-state index is 0.206. The van der Waals surface area contributed by atoms with Gasteiger partial charge in [0, 0.05) is 31.0 Å². The van der Waals surface area contributed by atoms with E-state index < -0.39 is 0 Å². The van der Waals surface area contributed by atoms with Crippen molar-refractivity contribution >= 4 is 0 Å². The van der Waals surface area contributed by atoms with E-state index in [-0.39, 0.29) is 6.04 Å². The molecule has 0 fully saturated rings. The van der Waals surface area contributed by atoms with Gasteiger partial charge in [-0.1, -0.05) is 26.0 Å². The molecule has 5 nitrogen and oxygen atoms in total. The number of phenols is 1. The zero-order valence-electron chi connectivity index (χ0n) is 13.5. The molecule has 0 spiro atoms. The SMILES string of the molecule is CC(C)c1nnc2n1CC(NC(C)c1cccc(O)c1)CC2. The number of benzene rings is 1. The highest BCUT2D eigenvalue weighted by Gasteiger charge is 2.25. The summed E-state index contributed by atoms with van der Waals surface area (Å²) in [6.07, 6.45) is 2.03. The number of hydrogen-bond donors (Lipinski definition) is 2. The van der Waals surface area contributed by atoms with E-state index in [0.29, 0.717) is 17.7 Å². The Bertz CT molecular complexity index is 650. The molecule has 22 heavy (non-hydrogen) atoms. The Kier molecular flexibility index (Phi) is 4.16. The van der Waals surface area contributed by atoms with Crippen molar-refractivity contribution in [2.75, 3.05) is 0 Å². The number of aromatic nitrogens is 3. The molecule has 2 atom stereocenters. The molecule has 2 unspecified atom stereocenters. The molecule has 1 aliphatic heterocycles. The van der Waals surface area contributed by atoms with Crippen LogP contribution in [0.15, 0.2) is 24.3 Å². The fourth-order valence-corrected chi connectivity index (χ4v) is 3.16. The second kappa shape index (κ2) is 6.08. The van der Waals surface area contributed by atoms with E-state index in [1.165, 1.54) is 0 Å². The van der Waals surface area contributed by atoms with E-state index in [2.05, 4.69) is 40.9 Å². The molecule has 2 heterocycles. The van der Waals surface area contributed by atoms with Gasteiger partial charge < -0.3 is 15.0 Å². The van der Waals surface area contributed by atoms with Gasteiger partial charge in [-0.3, -0.25) is 0 Å². The van der Waals surface area contributed by atoms with Crippen molar-refractivity contribution in [3.63, 3.8) is 0 Å². The van der Waals surface area contributed by atoms with E-state index in [1.54, 1.807) is 6.07 Å². The number of rotatable bonds is 4. The minimum Gasteiger partial charge on any atom is -0.508 e. The molecule has 3 rings (SSSR count). The van der Waals surface area contributed by atoms with Crippen LogP contribution in [0, 0.1) is 0 Å². The fourth-order valence-electron chi connectivity index (χ4n) is 3.16. The number of aromatic hydroxyl groups is 1. The lowest BCUT2D eigenvalue weighted by molar-refractivity contribution is 0.345. The Balaban J connectivity index is 1.71. The largest absolute Gasteiger partial charge is 0.508 e. The Hall–Kier alpha value is -1.88. The number of fused-ring (bicyclic) bond motifs is 1. The van der Waals surface area contributed by atoms with Crippen LogP contribution in [0.2, 0.25) is 0 Å². The van der Waals surface area contributed by atoms with Gasteiger partial charge >= 0.3 is 0 Å². The first-order chi connectivity index (χ1) is 10.5. The summed E-state index contributed by atoms with van der Waals surface area (Å²) in [7, 11) is 0. The molecule has 1 aromatic carbocycles. The number of phenolic OH excluding ortho intramolecular Hbond substituents is 1. The smallest absolute Gasteiger partial charge is 0.135 e. The average molecular weight is 300 g/mol. The normalized spacial score (nSPS) is 19.2. The second-order valence-corrected chi connectivity index (χ2v) is 6.46. The summed E-state index contributed by atoms with van der Waals surface area (Å²) >= 11 is 0. The summed E-state index contributed by atoms with van der Waals surface area (Å²) in [6, 6.07) is 8.07. The summed E-state index contributed by atoms with van der Waals surface area (Å²) in [5.74, 6) is 2.89. The Morgan fingerprint density at radius 3 is 2.82 bits per heavy atom. The van der Waals surface area contributed by atoms with E-state index in [9.17, 15) is 5.11 Å². The molecule has 0 saturated carbocycles. The van der Waals surface area contributed by atoms with Gasteiger partial charge in [0.2, 0.25) is 0 Å². The number of hydrogen-bond acceptors (Lipinski definition) is 4. The number of nitrogens with zero attached hydrogens (tertiary/aromatic N) is 3. The lowest BCUT2D eigenvalue weighted by atomic mass is 10.0. The number of aryl methyl sites for hydroxylation is 1. The monoisotopic (exact) mass is 300 g/mol. The Morgan fingerprint density at radius 1 is 1.27 bits per heavy atom. The van der Waals surface area contributed by atoms with Gasteiger partial charge in [-0.15, -0.1) is 10.2 Å². The third-order valence-corrected chi connectivity index (χ3v) is 4.35. The van der Waals surface area contributed by atoms with Crippen molar-refractivity contribution in [2.45, 2.75) is 58.2 Å². The summed E-state index contributed by atoms with van der Waals surface area (Å²) in [5.41, 5.74) is 1.11. The Labute approximate surface area is 131 Å². The first-order valence-corrected chi connectivity index (χ1v) is 8.01. The Morgan fingerprint density at radius 2 is 2.09 bits per heavy atom. The highest BCUT2D eigenvalue weighted by atomic mass is 16.3. The minimum atomic E-state index is 0.206. The lowest BCUT2D eigenvalue weighted by Gasteiger charge is -2.29. The molecular formula is C17H24N4O. The first kappa shape index (κ1) is 15.0. The van der Waals surface area contributed by atoms with Crippen LogP contribution in [-0.2, 0) is 13.0 Å². The standard InChI is InChI=1S/C17H24N4O/c1-11(2)17-20-19-16-8-7-14(10-21(16)17)18-12(3)13-5-4-6-15(22)9-13/h4-6,9,11-12,14,18,22H,7-8,10H2,1-3H3. The van der Waals surface area contributed by atoms with Crippen LogP contribution < -0.4 is 5.32 Å². The van der Waals surface area contributed by atoms with Crippen LogP contribution in [0.25, 0.3) is 0 Å². The van der Waals surface area contributed by atoms with Crippen LogP contribution in [-0.4, -0.2) is 25.9 Å². The van der Waals surface area contributed by atoms with E-state index in [0.717, 1.165) is 36.6 Å². The van der Waals surface area contributed by atoms with Crippen LogP contribution in [0.1, 0.15) is 56.4 Å². The van der Waals surface area contributed by atoms with Gasteiger partial charge in [0.1, 0.15) is 17.4 Å². The maximum Gasteiger partial charge on any atom is 0.135 e. The van der Waals surface area contributed by atoms with Crippen LogP contribution in [0.3, 0.4) is 0 Å². The highest BCUT2D eigenvalue weighted by Crippen LogP contribution is 2.23. The van der Waals surface area contributed by atoms with Gasteiger partial charge in [-0.2, -0.15) is 0 Å². The predicted octanol–water partition coefficient (Wildman–Crippen LogP) is 2.77. The summed E-state index contributed by atoms with van der Waals surface area (Å²) in [5, 5.41) is 21.9. The van der Waals surface area contributed by atoms with Gasteiger partial charge in [0.25, 0.3) is 0 Å². The molecule has 0 bridgehead atoms. The molecule has 5 heteroatoms. The molecular weight excluding hydrogens is 276 g/mol. The number of nitrogens with one attached hydrogen (secondary N) is 1. The third-order valence-electron chi connectivity index (χ3n) is 4.35. The molecule has 0 radical (unpaired) electrons. The summed E-state index contributed by atoms with van der Waals surface area (Å²) in [6.45, 7) is 7.37. The molecule has 0 aliphatic carbocycles. The summed E-state index contributed by atoms with van der Waals surface area (Å²) in [4.78, 5) is 0. The van der Waals surface area contributed by atoms with E-state index in [1.807, 2.05) is 18.2 Å². The third kappa shape index (κ3) is 2.99. The zero-order chi connectivity index (χ0) is 15.7. The van der Waals surface area contributed by atoms with Gasteiger partial charge in [-0.05, 0) is 31.0 Å². The van der Waals surface area contributed by atoms with Crippen molar-refractivity contribution in [3.8, 4) is 5.75 Å². The van der Waals surface area contributed by atoms with Crippen LogP contribution >= 0.6 is 0 Å². The van der Waals surface area contributed by atoms with Crippen LogP contribution in [0.4, 0.5) is 0 Å².